The van der Waals surface area contributed by atoms with Gasteiger partial charge in [-0.2, -0.15) is 0 Å². The average molecular weight is 193 g/mol. The molecule has 1 atom stereocenters. The van der Waals surface area contributed by atoms with Crippen LogP contribution >= 0.6 is 0 Å². The number of nitrogens with one attached hydrogen (secondary N) is 1. The Kier molecular flexibility index (Phi) is 3.45. The fourth-order valence-electron chi connectivity index (χ4n) is 1.02. The Bertz CT molecular complexity index is 325. The standard InChI is InChI=1S/C10H15N3O/c1-3-7(2)13-10(14)8-4-5-12-6-9(8)11/h4-7H,3,11H2,1-2H3,(H,13,14). The number of carbonyl (C=O) groups is 1. The molecule has 1 heterocycles. The van der Waals surface area contributed by atoms with Gasteiger partial charge in [0.1, 0.15) is 0 Å². The van der Waals surface area contributed by atoms with Crippen LogP contribution in [0.4, 0.5) is 5.69 Å². The summed E-state index contributed by atoms with van der Waals surface area (Å²) in [6, 6.07) is 1.78. The fraction of sp³-hybridized carbons (Fsp3) is 0.400. The molecule has 0 spiro atoms. The average Bonchev–Trinajstić information content (AvgIpc) is 2.18. The van der Waals surface area contributed by atoms with E-state index in [1.54, 1.807) is 12.3 Å². The first kappa shape index (κ1) is 10.5. The summed E-state index contributed by atoms with van der Waals surface area (Å²) in [6.45, 7) is 3.97. The van der Waals surface area contributed by atoms with Crippen LogP contribution in [0.2, 0.25) is 0 Å². The van der Waals surface area contributed by atoms with Crippen LogP contribution in [0.25, 0.3) is 0 Å². The van der Waals surface area contributed by atoms with Crippen LogP contribution < -0.4 is 11.1 Å². The quantitative estimate of drug-likeness (QED) is 0.757. The fourth-order valence-corrected chi connectivity index (χ4v) is 1.02. The largest absolute Gasteiger partial charge is 0.397 e. The molecular weight excluding hydrogens is 178 g/mol. The van der Waals surface area contributed by atoms with E-state index >= 15 is 0 Å². The molecule has 0 aliphatic heterocycles. The number of nitrogens with zero attached hydrogens (tertiary/aromatic N) is 1. The Hall–Kier alpha value is -1.58. The van der Waals surface area contributed by atoms with Gasteiger partial charge in [-0.15, -0.1) is 0 Å². The van der Waals surface area contributed by atoms with Gasteiger partial charge in [0, 0.05) is 12.2 Å². The lowest BCUT2D eigenvalue weighted by Gasteiger charge is -2.11. The van der Waals surface area contributed by atoms with Gasteiger partial charge in [-0.25, -0.2) is 0 Å². The van der Waals surface area contributed by atoms with Crippen LogP contribution in [0.1, 0.15) is 30.6 Å². The van der Waals surface area contributed by atoms with E-state index in [2.05, 4.69) is 10.3 Å². The summed E-state index contributed by atoms with van der Waals surface area (Å²) in [4.78, 5) is 15.4. The van der Waals surface area contributed by atoms with Crippen molar-refractivity contribution in [2.75, 3.05) is 5.73 Å². The number of anilines is 1. The van der Waals surface area contributed by atoms with Crippen molar-refractivity contribution >= 4 is 11.6 Å². The Labute approximate surface area is 83.5 Å². The molecule has 1 unspecified atom stereocenters. The number of nitrogen functional groups attached to an aromatic ring is 1. The predicted octanol–water partition coefficient (Wildman–Crippen LogP) is 1.19. The van der Waals surface area contributed by atoms with E-state index in [1.807, 2.05) is 13.8 Å². The normalized spacial score (nSPS) is 12.1. The van der Waals surface area contributed by atoms with Crippen molar-refractivity contribution in [3.8, 4) is 0 Å². The highest BCUT2D eigenvalue weighted by atomic mass is 16.1. The van der Waals surface area contributed by atoms with Gasteiger partial charge in [0.2, 0.25) is 0 Å². The summed E-state index contributed by atoms with van der Waals surface area (Å²) in [6.07, 6.45) is 3.93. The Morgan fingerprint density at radius 3 is 3.00 bits per heavy atom. The molecule has 14 heavy (non-hydrogen) atoms. The Balaban J connectivity index is 2.75. The summed E-state index contributed by atoms with van der Waals surface area (Å²) < 4.78 is 0. The van der Waals surface area contributed by atoms with E-state index in [0.717, 1.165) is 6.42 Å². The van der Waals surface area contributed by atoms with Crippen LogP contribution in [0.3, 0.4) is 0 Å². The van der Waals surface area contributed by atoms with Gasteiger partial charge in [0.05, 0.1) is 17.4 Å². The number of hydrogen-bond donors (Lipinski definition) is 2. The number of rotatable bonds is 3. The summed E-state index contributed by atoms with van der Waals surface area (Å²) >= 11 is 0. The molecule has 0 saturated heterocycles. The lowest BCUT2D eigenvalue weighted by atomic mass is 10.2. The number of carbonyl (C=O) groups excluding carboxylic acids is 1. The Morgan fingerprint density at radius 1 is 1.71 bits per heavy atom. The van der Waals surface area contributed by atoms with Gasteiger partial charge >= 0.3 is 0 Å². The smallest absolute Gasteiger partial charge is 0.253 e. The van der Waals surface area contributed by atoms with Crippen LogP contribution in [-0.4, -0.2) is 16.9 Å². The minimum Gasteiger partial charge on any atom is -0.397 e. The van der Waals surface area contributed by atoms with E-state index < -0.39 is 0 Å². The monoisotopic (exact) mass is 193 g/mol. The lowest BCUT2D eigenvalue weighted by Crippen LogP contribution is -2.32. The van der Waals surface area contributed by atoms with Crippen molar-refractivity contribution in [3.05, 3.63) is 24.0 Å². The second kappa shape index (κ2) is 4.60. The second-order valence-corrected chi connectivity index (χ2v) is 3.25. The molecule has 0 bridgehead atoms. The maximum atomic E-state index is 11.6. The molecule has 0 aliphatic rings. The minimum absolute atomic E-state index is 0.140. The number of amides is 1. The van der Waals surface area contributed by atoms with E-state index in [-0.39, 0.29) is 11.9 Å². The topological polar surface area (TPSA) is 68.0 Å². The number of pyridine rings is 1. The molecule has 1 aromatic heterocycles. The molecule has 1 rings (SSSR count). The van der Waals surface area contributed by atoms with E-state index in [4.69, 9.17) is 5.73 Å². The van der Waals surface area contributed by atoms with Crippen molar-refractivity contribution in [3.63, 3.8) is 0 Å². The van der Waals surface area contributed by atoms with Crippen LogP contribution in [0.5, 0.6) is 0 Å². The van der Waals surface area contributed by atoms with Gasteiger partial charge in [0.15, 0.2) is 0 Å². The second-order valence-electron chi connectivity index (χ2n) is 3.25. The summed E-state index contributed by atoms with van der Waals surface area (Å²) in [5.41, 5.74) is 6.51. The van der Waals surface area contributed by atoms with Crippen LogP contribution in [-0.2, 0) is 0 Å². The van der Waals surface area contributed by atoms with Gasteiger partial charge in [-0.1, -0.05) is 6.92 Å². The van der Waals surface area contributed by atoms with Crippen molar-refractivity contribution in [2.24, 2.45) is 0 Å². The maximum absolute atomic E-state index is 11.6. The first-order valence-corrected chi connectivity index (χ1v) is 4.65. The maximum Gasteiger partial charge on any atom is 0.253 e. The summed E-state index contributed by atoms with van der Waals surface area (Å²) in [7, 11) is 0. The zero-order valence-electron chi connectivity index (χ0n) is 8.45. The Morgan fingerprint density at radius 2 is 2.43 bits per heavy atom. The molecule has 0 fully saturated rings. The third kappa shape index (κ3) is 2.45. The van der Waals surface area contributed by atoms with Crippen molar-refractivity contribution in [1.29, 1.82) is 0 Å². The van der Waals surface area contributed by atoms with Gasteiger partial charge in [0.25, 0.3) is 5.91 Å². The highest BCUT2D eigenvalue weighted by molar-refractivity contribution is 5.98. The van der Waals surface area contributed by atoms with Gasteiger partial charge in [-0.05, 0) is 19.4 Å². The first-order valence-electron chi connectivity index (χ1n) is 4.65. The summed E-state index contributed by atoms with van der Waals surface area (Å²) in [5, 5.41) is 2.84. The molecule has 0 aliphatic carbocycles. The number of nitrogens with two attached hydrogens (primary N) is 1. The third-order valence-corrected chi connectivity index (χ3v) is 2.09. The minimum atomic E-state index is -0.140. The molecule has 0 radical (unpaired) electrons. The molecule has 3 N–H and O–H groups in total. The lowest BCUT2D eigenvalue weighted by molar-refractivity contribution is 0.0940. The van der Waals surface area contributed by atoms with Crippen molar-refractivity contribution in [1.82, 2.24) is 10.3 Å². The molecule has 4 nitrogen and oxygen atoms in total. The molecule has 0 saturated carbocycles. The number of aromatic nitrogens is 1. The highest BCUT2D eigenvalue weighted by Gasteiger charge is 2.10. The molecular formula is C10H15N3O. The van der Waals surface area contributed by atoms with E-state index in [0.29, 0.717) is 11.3 Å². The summed E-state index contributed by atoms with van der Waals surface area (Å²) in [5.74, 6) is -0.140. The predicted molar refractivity (Wildman–Crippen MR) is 55.9 cm³/mol. The molecule has 0 aromatic carbocycles. The van der Waals surface area contributed by atoms with Crippen molar-refractivity contribution in [2.45, 2.75) is 26.3 Å². The molecule has 1 aromatic rings. The van der Waals surface area contributed by atoms with Crippen LogP contribution in [0, 0.1) is 0 Å². The van der Waals surface area contributed by atoms with Crippen LogP contribution in [0.15, 0.2) is 18.5 Å². The third-order valence-electron chi connectivity index (χ3n) is 2.09. The number of hydrogen-bond acceptors (Lipinski definition) is 3. The van der Waals surface area contributed by atoms with Crippen molar-refractivity contribution < 1.29 is 4.79 Å². The van der Waals surface area contributed by atoms with Gasteiger partial charge in [-0.3, -0.25) is 9.78 Å². The zero-order valence-corrected chi connectivity index (χ0v) is 8.45. The SMILES string of the molecule is CCC(C)NC(=O)c1ccncc1N. The molecule has 4 heteroatoms. The first-order chi connectivity index (χ1) is 6.65. The van der Waals surface area contributed by atoms with E-state index in [1.165, 1.54) is 6.20 Å². The zero-order chi connectivity index (χ0) is 10.6. The van der Waals surface area contributed by atoms with Gasteiger partial charge < -0.3 is 11.1 Å². The molecule has 1 amide bonds. The highest BCUT2D eigenvalue weighted by Crippen LogP contribution is 2.08. The molecule has 76 valence electrons. The van der Waals surface area contributed by atoms with E-state index in [9.17, 15) is 4.79 Å².